The largest absolute Gasteiger partial charge is 0.496 e. The van der Waals surface area contributed by atoms with Crippen LogP contribution in [0.3, 0.4) is 0 Å². The van der Waals surface area contributed by atoms with Crippen molar-refractivity contribution in [3.63, 3.8) is 0 Å². The van der Waals surface area contributed by atoms with Gasteiger partial charge in [0, 0.05) is 19.2 Å². The highest BCUT2D eigenvalue weighted by Gasteiger charge is 2.08. The van der Waals surface area contributed by atoms with E-state index < -0.39 is 5.91 Å². The summed E-state index contributed by atoms with van der Waals surface area (Å²) < 4.78 is 10.7. The number of ether oxygens (including phenoxy) is 1. The number of aliphatic imine (C=N–C) groups is 1. The number of rotatable bonds is 6. The van der Waals surface area contributed by atoms with Gasteiger partial charge in [-0.05, 0) is 30.7 Å². The summed E-state index contributed by atoms with van der Waals surface area (Å²) in [6.45, 7) is 2.97. The number of carbonyl (C=O) groups excluding carboxylic acids is 1. The smallest absolute Gasteiger partial charge is 0.284 e. The lowest BCUT2D eigenvalue weighted by atomic mass is 10.1. The Morgan fingerprint density at radius 3 is 2.62 bits per heavy atom. The van der Waals surface area contributed by atoms with Crippen LogP contribution in [0.1, 0.15) is 27.4 Å². The van der Waals surface area contributed by atoms with E-state index in [0.717, 1.165) is 16.9 Å². The Morgan fingerprint density at radius 1 is 1.25 bits per heavy atom. The van der Waals surface area contributed by atoms with Gasteiger partial charge in [-0.3, -0.25) is 9.79 Å². The molecular formula is C17H22N4O3. The van der Waals surface area contributed by atoms with Crippen molar-refractivity contribution in [3.8, 4) is 5.75 Å². The number of nitrogens with two attached hydrogens (primary N) is 1. The summed E-state index contributed by atoms with van der Waals surface area (Å²) in [6.07, 6.45) is 0. The molecule has 7 nitrogen and oxygen atoms in total. The van der Waals surface area contributed by atoms with Gasteiger partial charge in [-0.2, -0.15) is 0 Å². The number of carbonyl (C=O) groups is 1. The fraction of sp³-hybridized carbons (Fsp3) is 0.294. The summed E-state index contributed by atoms with van der Waals surface area (Å²) in [4.78, 5) is 15.2. The maximum atomic E-state index is 11.0. The summed E-state index contributed by atoms with van der Waals surface area (Å²) in [7, 11) is 3.33. The van der Waals surface area contributed by atoms with E-state index >= 15 is 0 Å². The summed E-state index contributed by atoms with van der Waals surface area (Å²) in [5.74, 6) is 1.58. The molecule has 1 aromatic carbocycles. The fourth-order valence-corrected chi connectivity index (χ4v) is 2.17. The Hall–Kier alpha value is -2.96. The van der Waals surface area contributed by atoms with Crippen LogP contribution in [0.5, 0.6) is 5.75 Å². The number of furan rings is 1. The maximum absolute atomic E-state index is 11.0. The number of hydrogen-bond acceptors (Lipinski definition) is 4. The van der Waals surface area contributed by atoms with Gasteiger partial charge in [-0.25, -0.2) is 0 Å². The Labute approximate surface area is 140 Å². The topological polar surface area (TPSA) is 102 Å². The number of nitrogens with zero attached hydrogens (tertiary/aromatic N) is 1. The van der Waals surface area contributed by atoms with Gasteiger partial charge in [0.25, 0.3) is 5.91 Å². The predicted octanol–water partition coefficient (Wildman–Crippen LogP) is 1.56. The van der Waals surface area contributed by atoms with Crippen LogP contribution in [0.2, 0.25) is 0 Å². The van der Waals surface area contributed by atoms with E-state index in [9.17, 15) is 4.79 Å². The molecule has 7 heteroatoms. The molecule has 2 rings (SSSR count). The highest BCUT2D eigenvalue weighted by molar-refractivity contribution is 5.89. The van der Waals surface area contributed by atoms with E-state index in [1.54, 1.807) is 26.3 Å². The van der Waals surface area contributed by atoms with Gasteiger partial charge in [0.2, 0.25) is 0 Å². The van der Waals surface area contributed by atoms with Gasteiger partial charge in [-0.15, -0.1) is 0 Å². The van der Waals surface area contributed by atoms with E-state index in [0.29, 0.717) is 24.8 Å². The average molecular weight is 330 g/mol. The van der Waals surface area contributed by atoms with Gasteiger partial charge in [0.15, 0.2) is 11.7 Å². The van der Waals surface area contributed by atoms with Gasteiger partial charge in [0.1, 0.15) is 11.5 Å². The molecule has 1 heterocycles. The number of hydrogen-bond donors (Lipinski definition) is 3. The molecule has 128 valence electrons. The van der Waals surface area contributed by atoms with Crippen LogP contribution in [0.4, 0.5) is 0 Å². The van der Waals surface area contributed by atoms with E-state index in [-0.39, 0.29) is 5.76 Å². The number of aryl methyl sites for hydroxylation is 1. The summed E-state index contributed by atoms with van der Waals surface area (Å²) >= 11 is 0. The van der Waals surface area contributed by atoms with Crippen molar-refractivity contribution in [2.24, 2.45) is 10.7 Å². The van der Waals surface area contributed by atoms with Crippen LogP contribution < -0.4 is 21.1 Å². The standard InChI is InChI=1S/C17H22N4O3/c1-11-4-5-12(15(8-11)23-3)9-20-17(19-2)21-10-13-6-7-14(24-13)16(18)22/h4-8H,9-10H2,1-3H3,(H2,18,22)(H2,19,20,21). The monoisotopic (exact) mass is 330 g/mol. The Bertz CT molecular complexity index is 737. The molecule has 1 aromatic heterocycles. The second-order valence-corrected chi connectivity index (χ2v) is 5.22. The number of methoxy groups -OCH3 is 1. The minimum atomic E-state index is -0.588. The molecule has 0 radical (unpaired) electrons. The molecular weight excluding hydrogens is 308 g/mol. The van der Waals surface area contributed by atoms with Crippen LogP contribution in [0, 0.1) is 6.92 Å². The van der Waals surface area contributed by atoms with Crippen molar-refractivity contribution in [2.45, 2.75) is 20.0 Å². The molecule has 0 atom stereocenters. The molecule has 0 saturated heterocycles. The van der Waals surface area contributed by atoms with Crippen LogP contribution in [0.15, 0.2) is 39.7 Å². The maximum Gasteiger partial charge on any atom is 0.284 e. The molecule has 24 heavy (non-hydrogen) atoms. The number of benzene rings is 1. The molecule has 0 spiro atoms. The Kier molecular flexibility index (Phi) is 5.83. The highest BCUT2D eigenvalue weighted by atomic mass is 16.5. The minimum absolute atomic E-state index is 0.138. The van der Waals surface area contributed by atoms with Gasteiger partial charge >= 0.3 is 0 Å². The number of primary amides is 1. The van der Waals surface area contributed by atoms with Crippen molar-refractivity contribution in [1.82, 2.24) is 10.6 Å². The predicted molar refractivity (Wildman–Crippen MR) is 92.0 cm³/mol. The highest BCUT2D eigenvalue weighted by Crippen LogP contribution is 2.19. The van der Waals surface area contributed by atoms with Crippen LogP contribution in [-0.2, 0) is 13.1 Å². The molecule has 0 aliphatic rings. The average Bonchev–Trinajstić information content (AvgIpc) is 3.05. The molecule has 0 saturated carbocycles. The zero-order valence-electron chi connectivity index (χ0n) is 14.1. The number of guanidine groups is 1. The Morgan fingerprint density at radius 2 is 2.00 bits per heavy atom. The zero-order valence-corrected chi connectivity index (χ0v) is 14.1. The van der Waals surface area contributed by atoms with E-state index in [2.05, 4.69) is 15.6 Å². The zero-order chi connectivity index (χ0) is 17.5. The van der Waals surface area contributed by atoms with E-state index in [4.69, 9.17) is 14.9 Å². The first kappa shape index (κ1) is 17.4. The quantitative estimate of drug-likeness (QED) is 0.551. The lowest BCUT2D eigenvalue weighted by Gasteiger charge is -2.13. The molecule has 0 aliphatic carbocycles. The van der Waals surface area contributed by atoms with Gasteiger partial charge < -0.3 is 25.5 Å². The molecule has 2 aromatic rings. The second kappa shape index (κ2) is 8.05. The summed E-state index contributed by atoms with van der Waals surface area (Å²) in [5, 5.41) is 6.31. The lowest BCUT2D eigenvalue weighted by molar-refractivity contribution is 0.0972. The molecule has 0 unspecified atom stereocenters. The van der Waals surface area contributed by atoms with Crippen molar-refractivity contribution in [2.75, 3.05) is 14.2 Å². The third-order valence-electron chi connectivity index (χ3n) is 3.45. The second-order valence-electron chi connectivity index (χ2n) is 5.22. The van der Waals surface area contributed by atoms with Crippen LogP contribution >= 0.6 is 0 Å². The van der Waals surface area contributed by atoms with Crippen molar-refractivity contribution in [1.29, 1.82) is 0 Å². The van der Waals surface area contributed by atoms with E-state index in [1.807, 2.05) is 25.1 Å². The minimum Gasteiger partial charge on any atom is -0.496 e. The lowest BCUT2D eigenvalue weighted by Crippen LogP contribution is -2.36. The van der Waals surface area contributed by atoms with Gasteiger partial charge in [-0.1, -0.05) is 12.1 Å². The molecule has 4 N–H and O–H groups in total. The number of nitrogens with one attached hydrogen (secondary N) is 2. The van der Waals surface area contributed by atoms with Crippen molar-refractivity contribution in [3.05, 3.63) is 53.0 Å². The van der Waals surface area contributed by atoms with Crippen LogP contribution in [-0.4, -0.2) is 26.0 Å². The molecule has 0 bridgehead atoms. The molecule has 0 fully saturated rings. The van der Waals surface area contributed by atoms with Gasteiger partial charge in [0.05, 0.1) is 13.7 Å². The Balaban J connectivity index is 1.91. The first-order valence-corrected chi connectivity index (χ1v) is 7.50. The van der Waals surface area contributed by atoms with Crippen LogP contribution in [0.25, 0.3) is 0 Å². The summed E-state index contributed by atoms with van der Waals surface area (Å²) in [6, 6.07) is 9.28. The normalized spacial score (nSPS) is 11.2. The molecule has 1 amide bonds. The first-order valence-electron chi connectivity index (χ1n) is 7.50. The third kappa shape index (κ3) is 4.52. The first-order chi connectivity index (χ1) is 11.5. The number of amides is 1. The molecule has 0 aliphatic heterocycles. The fourth-order valence-electron chi connectivity index (χ4n) is 2.17. The summed E-state index contributed by atoms with van der Waals surface area (Å²) in [5.41, 5.74) is 7.33. The SMILES string of the molecule is CN=C(NCc1ccc(C(N)=O)o1)NCc1ccc(C)cc1OC. The van der Waals surface area contributed by atoms with E-state index in [1.165, 1.54) is 0 Å². The van der Waals surface area contributed by atoms with Crippen molar-refractivity contribution >= 4 is 11.9 Å². The van der Waals surface area contributed by atoms with Crippen molar-refractivity contribution < 1.29 is 13.9 Å². The third-order valence-corrected chi connectivity index (χ3v) is 3.45.